The number of rotatable bonds is 6. The molecule has 0 aliphatic rings. The predicted molar refractivity (Wildman–Crippen MR) is 99.1 cm³/mol. The topological polar surface area (TPSA) is 82.0 Å². The number of aryl methyl sites for hydroxylation is 1. The molecule has 3 aromatic rings. The van der Waals surface area contributed by atoms with Gasteiger partial charge in [-0.05, 0) is 46.9 Å². The molecular weight excluding hydrogens is 326 g/mol. The van der Waals surface area contributed by atoms with Gasteiger partial charge in [-0.15, -0.1) is 11.3 Å². The van der Waals surface area contributed by atoms with Crippen molar-refractivity contribution < 1.29 is 4.79 Å². The zero-order valence-electron chi connectivity index (χ0n) is 13.0. The molecule has 6 heteroatoms. The van der Waals surface area contributed by atoms with Crippen LogP contribution in [0.25, 0.3) is 21.3 Å². The fraction of sp³-hybridized carbons (Fsp3) is 0.294. The van der Waals surface area contributed by atoms with Crippen molar-refractivity contribution in [3.63, 3.8) is 0 Å². The molecule has 4 N–H and O–H groups in total. The SMILES string of the molecule is CCCCCc1cc(-c2ccsc2)c2c(N)c(C(N)=O)sc2n1. The number of fused-ring (bicyclic) bond motifs is 1. The van der Waals surface area contributed by atoms with Crippen molar-refractivity contribution in [2.45, 2.75) is 32.6 Å². The quantitative estimate of drug-likeness (QED) is 0.648. The van der Waals surface area contributed by atoms with E-state index in [1.165, 1.54) is 24.2 Å². The number of carbonyl (C=O) groups excluding carboxylic acids is 1. The number of pyridine rings is 1. The monoisotopic (exact) mass is 345 g/mol. The fourth-order valence-corrected chi connectivity index (χ4v) is 4.33. The molecule has 120 valence electrons. The molecule has 3 aromatic heterocycles. The van der Waals surface area contributed by atoms with Gasteiger partial charge in [0.15, 0.2) is 0 Å². The number of thiophene rings is 2. The van der Waals surface area contributed by atoms with Crippen LogP contribution in [-0.4, -0.2) is 10.9 Å². The molecule has 0 saturated heterocycles. The van der Waals surface area contributed by atoms with Gasteiger partial charge in [0.25, 0.3) is 5.91 Å². The van der Waals surface area contributed by atoms with Crippen LogP contribution in [0.4, 0.5) is 5.69 Å². The van der Waals surface area contributed by atoms with Crippen molar-refractivity contribution in [1.29, 1.82) is 0 Å². The third-order valence-electron chi connectivity index (χ3n) is 3.84. The lowest BCUT2D eigenvalue weighted by molar-refractivity contribution is 0.100. The van der Waals surface area contributed by atoms with E-state index in [4.69, 9.17) is 16.5 Å². The Morgan fingerprint density at radius 2 is 2.17 bits per heavy atom. The Bertz CT molecular complexity index is 837. The Morgan fingerprint density at radius 3 is 2.83 bits per heavy atom. The number of nitrogen functional groups attached to an aromatic ring is 1. The number of anilines is 1. The molecule has 4 nitrogen and oxygen atoms in total. The largest absolute Gasteiger partial charge is 0.397 e. The van der Waals surface area contributed by atoms with Crippen LogP contribution in [0.15, 0.2) is 22.9 Å². The third kappa shape index (κ3) is 3.09. The summed E-state index contributed by atoms with van der Waals surface area (Å²) in [4.78, 5) is 17.5. The summed E-state index contributed by atoms with van der Waals surface area (Å²) in [6.45, 7) is 2.19. The summed E-state index contributed by atoms with van der Waals surface area (Å²) in [6, 6.07) is 4.17. The van der Waals surface area contributed by atoms with E-state index in [9.17, 15) is 4.79 Å². The number of hydrogen-bond acceptors (Lipinski definition) is 5. The summed E-state index contributed by atoms with van der Waals surface area (Å²) in [6.07, 6.45) is 4.41. The van der Waals surface area contributed by atoms with E-state index < -0.39 is 5.91 Å². The summed E-state index contributed by atoms with van der Waals surface area (Å²) in [5.74, 6) is -0.491. The minimum atomic E-state index is -0.491. The third-order valence-corrected chi connectivity index (χ3v) is 5.64. The molecule has 0 radical (unpaired) electrons. The predicted octanol–water partition coefficient (Wildman–Crippen LogP) is 4.44. The van der Waals surface area contributed by atoms with E-state index in [2.05, 4.69) is 24.4 Å². The maximum atomic E-state index is 11.6. The van der Waals surface area contributed by atoms with Gasteiger partial charge in [-0.1, -0.05) is 19.8 Å². The zero-order valence-corrected chi connectivity index (χ0v) is 14.6. The van der Waals surface area contributed by atoms with Crippen molar-refractivity contribution in [3.05, 3.63) is 33.5 Å². The number of primary amides is 1. The van der Waals surface area contributed by atoms with Crippen LogP contribution < -0.4 is 11.5 Å². The second-order valence-electron chi connectivity index (χ2n) is 5.52. The number of nitrogens with zero attached hydrogens (tertiary/aromatic N) is 1. The van der Waals surface area contributed by atoms with E-state index >= 15 is 0 Å². The number of aromatic nitrogens is 1. The van der Waals surface area contributed by atoms with Gasteiger partial charge in [-0.2, -0.15) is 11.3 Å². The highest BCUT2D eigenvalue weighted by Crippen LogP contribution is 2.40. The molecule has 0 atom stereocenters. The Hall–Kier alpha value is -1.92. The first-order chi connectivity index (χ1) is 11.1. The molecule has 0 saturated carbocycles. The van der Waals surface area contributed by atoms with E-state index in [0.29, 0.717) is 10.6 Å². The van der Waals surface area contributed by atoms with Gasteiger partial charge >= 0.3 is 0 Å². The van der Waals surface area contributed by atoms with Crippen molar-refractivity contribution in [3.8, 4) is 11.1 Å². The van der Waals surface area contributed by atoms with Gasteiger partial charge in [0.2, 0.25) is 0 Å². The van der Waals surface area contributed by atoms with Gasteiger partial charge in [0, 0.05) is 11.1 Å². The first kappa shape index (κ1) is 16.0. The number of carbonyl (C=O) groups is 1. The Balaban J connectivity index is 2.17. The Labute approximate surface area is 143 Å². The van der Waals surface area contributed by atoms with Gasteiger partial charge in [-0.25, -0.2) is 4.98 Å². The van der Waals surface area contributed by atoms with Crippen LogP contribution in [0.1, 0.15) is 41.6 Å². The minimum Gasteiger partial charge on any atom is -0.397 e. The maximum absolute atomic E-state index is 11.6. The standard InChI is InChI=1S/C17H19N3OS2/c1-2-3-4-5-11-8-12(10-6-7-22-9-10)13-14(18)15(16(19)21)23-17(13)20-11/h6-9H,2-5,18H2,1H3,(H2,19,21). The summed E-state index contributed by atoms with van der Waals surface area (Å²) in [5.41, 5.74) is 15.3. The van der Waals surface area contributed by atoms with Gasteiger partial charge in [0.05, 0.1) is 5.69 Å². The molecular formula is C17H19N3OS2. The summed E-state index contributed by atoms with van der Waals surface area (Å²) >= 11 is 2.93. The highest BCUT2D eigenvalue weighted by Gasteiger charge is 2.19. The summed E-state index contributed by atoms with van der Waals surface area (Å²) in [7, 11) is 0. The molecule has 0 spiro atoms. The molecule has 23 heavy (non-hydrogen) atoms. The van der Waals surface area contributed by atoms with Crippen LogP contribution in [0.2, 0.25) is 0 Å². The summed E-state index contributed by atoms with van der Waals surface area (Å²) < 4.78 is 0. The van der Waals surface area contributed by atoms with Gasteiger partial charge in [0.1, 0.15) is 9.71 Å². The average molecular weight is 345 g/mol. The number of unbranched alkanes of at least 4 members (excludes halogenated alkanes) is 2. The highest BCUT2D eigenvalue weighted by molar-refractivity contribution is 7.21. The molecule has 3 rings (SSSR count). The second kappa shape index (κ2) is 6.68. The van der Waals surface area contributed by atoms with Crippen LogP contribution in [0, 0.1) is 0 Å². The molecule has 3 heterocycles. The van der Waals surface area contributed by atoms with E-state index in [-0.39, 0.29) is 0 Å². The molecule has 0 aromatic carbocycles. The minimum absolute atomic E-state index is 0.398. The lowest BCUT2D eigenvalue weighted by atomic mass is 10.0. The molecule has 0 unspecified atom stereocenters. The van der Waals surface area contributed by atoms with Gasteiger partial charge < -0.3 is 11.5 Å². The lowest BCUT2D eigenvalue weighted by Gasteiger charge is -2.07. The van der Waals surface area contributed by atoms with Crippen molar-refractivity contribution >= 4 is 44.5 Å². The number of amides is 1. The normalized spacial score (nSPS) is 11.2. The fourth-order valence-electron chi connectivity index (χ4n) is 2.68. The molecule has 0 aliphatic heterocycles. The average Bonchev–Trinajstić information content (AvgIpc) is 3.15. The highest BCUT2D eigenvalue weighted by atomic mass is 32.1. The van der Waals surface area contributed by atoms with E-state index in [0.717, 1.165) is 39.9 Å². The molecule has 1 amide bonds. The Morgan fingerprint density at radius 1 is 1.35 bits per heavy atom. The zero-order chi connectivity index (χ0) is 16.4. The van der Waals surface area contributed by atoms with Crippen LogP contribution in [-0.2, 0) is 6.42 Å². The van der Waals surface area contributed by atoms with E-state index in [1.54, 1.807) is 11.3 Å². The first-order valence-electron chi connectivity index (χ1n) is 7.66. The van der Waals surface area contributed by atoms with Crippen molar-refractivity contribution in [2.24, 2.45) is 5.73 Å². The molecule has 0 fully saturated rings. The molecule has 0 bridgehead atoms. The van der Waals surface area contributed by atoms with Crippen LogP contribution >= 0.6 is 22.7 Å². The van der Waals surface area contributed by atoms with Gasteiger partial charge in [-0.3, -0.25) is 4.79 Å². The lowest BCUT2D eigenvalue weighted by Crippen LogP contribution is -2.10. The summed E-state index contributed by atoms with van der Waals surface area (Å²) in [5, 5.41) is 4.98. The second-order valence-corrected chi connectivity index (χ2v) is 7.30. The van der Waals surface area contributed by atoms with Crippen molar-refractivity contribution in [2.75, 3.05) is 5.73 Å². The van der Waals surface area contributed by atoms with Crippen LogP contribution in [0.3, 0.4) is 0 Å². The van der Waals surface area contributed by atoms with Crippen LogP contribution in [0.5, 0.6) is 0 Å². The number of nitrogens with two attached hydrogens (primary N) is 2. The smallest absolute Gasteiger partial charge is 0.260 e. The van der Waals surface area contributed by atoms with E-state index in [1.807, 2.05) is 5.38 Å². The first-order valence-corrected chi connectivity index (χ1v) is 9.42. The number of hydrogen-bond donors (Lipinski definition) is 2. The Kier molecular flexibility index (Phi) is 4.63. The maximum Gasteiger partial charge on any atom is 0.260 e. The van der Waals surface area contributed by atoms with Crippen molar-refractivity contribution in [1.82, 2.24) is 4.98 Å². The molecule has 0 aliphatic carbocycles.